The molecule has 0 fully saturated rings. The number of hydrogen-bond donors (Lipinski definition) is 2. The lowest BCUT2D eigenvalue weighted by molar-refractivity contribution is 0.793. The number of rotatable bonds is 4. The fraction of sp³-hybridized carbons (Fsp3) is 0.167. The number of para-hydroxylation sites is 2. The third kappa shape index (κ3) is 2.73. The highest BCUT2D eigenvalue weighted by atomic mass is 14.9. The monoisotopic (exact) mass is 277 g/mol. The van der Waals surface area contributed by atoms with Crippen LogP contribution in [0.4, 0.5) is 5.69 Å². The largest absolute Gasteiger partial charge is 0.377 e. The number of aromatic nitrogens is 1. The van der Waals surface area contributed by atoms with Gasteiger partial charge in [-0.25, -0.2) is 0 Å². The SMILES string of the molecule is Cc1ccccc1NC(CN)c1cccc2cccnc12. The summed E-state index contributed by atoms with van der Waals surface area (Å²) in [5.41, 5.74) is 10.5. The molecule has 0 bridgehead atoms. The maximum atomic E-state index is 6.00. The van der Waals surface area contributed by atoms with E-state index in [9.17, 15) is 0 Å². The van der Waals surface area contributed by atoms with E-state index in [1.807, 2.05) is 24.4 Å². The van der Waals surface area contributed by atoms with Crippen molar-refractivity contribution in [2.45, 2.75) is 13.0 Å². The van der Waals surface area contributed by atoms with Crippen molar-refractivity contribution in [2.75, 3.05) is 11.9 Å². The van der Waals surface area contributed by atoms with Gasteiger partial charge < -0.3 is 11.1 Å². The molecule has 21 heavy (non-hydrogen) atoms. The van der Waals surface area contributed by atoms with Crippen molar-refractivity contribution >= 4 is 16.6 Å². The highest BCUT2D eigenvalue weighted by Crippen LogP contribution is 2.26. The van der Waals surface area contributed by atoms with E-state index in [2.05, 4.69) is 53.6 Å². The molecule has 3 N–H and O–H groups in total. The summed E-state index contributed by atoms with van der Waals surface area (Å²) in [5, 5.41) is 4.68. The van der Waals surface area contributed by atoms with Gasteiger partial charge in [0, 0.05) is 29.4 Å². The van der Waals surface area contributed by atoms with Crippen LogP contribution >= 0.6 is 0 Å². The smallest absolute Gasteiger partial charge is 0.0755 e. The van der Waals surface area contributed by atoms with Crippen LogP contribution in [0.15, 0.2) is 60.8 Å². The van der Waals surface area contributed by atoms with Crippen LogP contribution in [0.3, 0.4) is 0 Å². The van der Waals surface area contributed by atoms with Gasteiger partial charge >= 0.3 is 0 Å². The summed E-state index contributed by atoms with van der Waals surface area (Å²) in [5.74, 6) is 0. The van der Waals surface area contributed by atoms with Crippen LogP contribution in [0.5, 0.6) is 0 Å². The normalized spacial score (nSPS) is 12.3. The standard InChI is InChI=1S/C18H19N3/c1-13-6-2-3-10-16(13)21-17(12-19)15-9-4-7-14-8-5-11-20-18(14)15/h2-11,17,21H,12,19H2,1H3. The Morgan fingerprint density at radius 1 is 1.05 bits per heavy atom. The van der Waals surface area contributed by atoms with E-state index in [4.69, 9.17) is 5.73 Å². The molecule has 0 aliphatic carbocycles. The van der Waals surface area contributed by atoms with Crippen molar-refractivity contribution in [3.05, 3.63) is 71.9 Å². The molecule has 0 saturated carbocycles. The topological polar surface area (TPSA) is 50.9 Å². The van der Waals surface area contributed by atoms with Gasteiger partial charge in [-0.2, -0.15) is 0 Å². The summed E-state index contributed by atoms with van der Waals surface area (Å²) in [6, 6.07) is 18.6. The van der Waals surface area contributed by atoms with Crippen LogP contribution in [-0.4, -0.2) is 11.5 Å². The molecule has 2 aromatic carbocycles. The first-order valence-electron chi connectivity index (χ1n) is 7.15. The Bertz CT molecular complexity index is 747. The van der Waals surface area contributed by atoms with Gasteiger partial charge in [0.15, 0.2) is 0 Å². The summed E-state index contributed by atoms with van der Waals surface area (Å²) in [6.45, 7) is 2.61. The molecule has 1 atom stereocenters. The van der Waals surface area contributed by atoms with Crippen molar-refractivity contribution < 1.29 is 0 Å². The summed E-state index contributed by atoms with van der Waals surface area (Å²) >= 11 is 0. The van der Waals surface area contributed by atoms with Gasteiger partial charge in [0.25, 0.3) is 0 Å². The second-order valence-electron chi connectivity index (χ2n) is 5.17. The molecule has 1 unspecified atom stereocenters. The first-order chi connectivity index (χ1) is 10.3. The second-order valence-corrected chi connectivity index (χ2v) is 5.17. The quantitative estimate of drug-likeness (QED) is 0.765. The molecule has 3 aromatic rings. The third-order valence-electron chi connectivity index (χ3n) is 3.75. The lowest BCUT2D eigenvalue weighted by Gasteiger charge is -2.21. The van der Waals surface area contributed by atoms with Crippen LogP contribution in [0.2, 0.25) is 0 Å². The molecule has 0 spiro atoms. The lowest BCUT2D eigenvalue weighted by atomic mass is 10.0. The van der Waals surface area contributed by atoms with Crippen molar-refractivity contribution in [1.82, 2.24) is 4.98 Å². The summed E-state index contributed by atoms with van der Waals surface area (Å²) < 4.78 is 0. The Hall–Kier alpha value is -2.39. The maximum Gasteiger partial charge on any atom is 0.0755 e. The number of benzene rings is 2. The maximum absolute atomic E-state index is 6.00. The fourth-order valence-corrected chi connectivity index (χ4v) is 2.60. The zero-order valence-corrected chi connectivity index (χ0v) is 12.1. The van der Waals surface area contributed by atoms with Crippen LogP contribution in [0.1, 0.15) is 17.2 Å². The lowest BCUT2D eigenvalue weighted by Crippen LogP contribution is -2.21. The van der Waals surface area contributed by atoms with E-state index in [0.29, 0.717) is 6.54 Å². The molecule has 0 saturated heterocycles. The zero-order chi connectivity index (χ0) is 14.7. The van der Waals surface area contributed by atoms with Gasteiger partial charge in [-0.05, 0) is 24.6 Å². The highest BCUT2D eigenvalue weighted by Gasteiger charge is 2.14. The van der Waals surface area contributed by atoms with Crippen molar-refractivity contribution in [3.8, 4) is 0 Å². The summed E-state index contributed by atoms with van der Waals surface area (Å²) in [4.78, 5) is 4.52. The average molecular weight is 277 g/mol. The number of hydrogen-bond acceptors (Lipinski definition) is 3. The predicted molar refractivity (Wildman–Crippen MR) is 88.3 cm³/mol. The van der Waals surface area contributed by atoms with Gasteiger partial charge in [-0.1, -0.05) is 42.5 Å². The van der Waals surface area contributed by atoms with E-state index in [1.54, 1.807) is 0 Å². The minimum Gasteiger partial charge on any atom is -0.377 e. The van der Waals surface area contributed by atoms with Gasteiger partial charge in [0.2, 0.25) is 0 Å². The minimum absolute atomic E-state index is 0.0460. The Labute approximate surface area is 124 Å². The molecule has 0 radical (unpaired) electrons. The Kier molecular flexibility index (Phi) is 3.84. The molecule has 3 heteroatoms. The molecule has 1 aromatic heterocycles. The third-order valence-corrected chi connectivity index (χ3v) is 3.75. The van der Waals surface area contributed by atoms with Gasteiger partial charge in [0.1, 0.15) is 0 Å². The number of aryl methyl sites for hydroxylation is 1. The molecule has 0 amide bonds. The molecule has 0 aliphatic rings. The van der Waals surface area contributed by atoms with Crippen LogP contribution in [0.25, 0.3) is 10.9 Å². The molecule has 3 nitrogen and oxygen atoms in total. The number of nitrogens with two attached hydrogens (primary N) is 1. The van der Waals surface area contributed by atoms with Gasteiger partial charge in [-0.15, -0.1) is 0 Å². The Morgan fingerprint density at radius 2 is 1.86 bits per heavy atom. The van der Waals surface area contributed by atoms with Crippen molar-refractivity contribution in [3.63, 3.8) is 0 Å². The van der Waals surface area contributed by atoms with Crippen LogP contribution < -0.4 is 11.1 Å². The molecular weight excluding hydrogens is 258 g/mol. The van der Waals surface area contributed by atoms with E-state index in [0.717, 1.165) is 22.2 Å². The molecule has 1 heterocycles. The number of nitrogens with zero attached hydrogens (tertiary/aromatic N) is 1. The van der Waals surface area contributed by atoms with E-state index in [-0.39, 0.29) is 6.04 Å². The fourth-order valence-electron chi connectivity index (χ4n) is 2.60. The van der Waals surface area contributed by atoms with Crippen molar-refractivity contribution in [2.24, 2.45) is 5.73 Å². The number of anilines is 1. The highest BCUT2D eigenvalue weighted by molar-refractivity contribution is 5.82. The predicted octanol–water partition coefficient (Wildman–Crippen LogP) is 3.66. The molecular formula is C18H19N3. The van der Waals surface area contributed by atoms with Gasteiger partial charge in [0.05, 0.1) is 11.6 Å². The minimum atomic E-state index is 0.0460. The van der Waals surface area contributed by atoms with E-state index >= 15 is 0 Å². The second kappa shape index (κ2) is 5.94. The van der Waals surface area contributed by atoms with Crippen LogP contribution in [-0.2, 0) is 0 Å². The number of fused-ring (bicyclic) bond motifs is 1. The number of pyridine rings is 1. The average Bonchev–Trinajstić information content (AvgIpc) is 2.54. The van der Waals surface area contributed by atoms with Crippen molar-refractivity contribution in [1.29, 1.82) is 0 Å². The number of nitrogens with one attached hydrogen (secondary N) is 1. The Morgan fingerprint density at radius 3 is 2.67 bits per heavy atom. The van der Waals surface area contributed by atoms with E-state index < -0.39 is 0 Å². The molecule has 106 valence electrons. The summed E-state index contributed by atoms with van der Waals surface area (Å²) in [6.07, 6.45) is 1.83. The van der Waals surface area contributed by atoms with E-state index in [1.165, 1.54) is 5.56 Å². The van der Waals surface area contributed by atoms with Gasteiger partial charge in [-0.3, -0.25) is 4.98 Å². The summed E-state index contributed by atoms with van der Waals surface area (Å²) in [7, 11) is 0. The van der Waals surface area contributed by atoms with Crippen LogP contribution in [0, 0.1) is 6.92 Å². The molecule has 0 aliphatic heterocycles. The zero-order valence-electron chi connectivity index (χ0n) is 12.1. The Balaban J connectivity index is 2.01. The first kappa shape index (κ1) is 13.6. The first-order valence-corrected chi connectivity index (χ1v) is 7.15. The molecule has 3 rings (SSSR count).